The third-order valence-corrected chi connectivity index (χ3v) is 4.31. The first-order valence-electron chi connectivity index (χ1n) is 6.85. The van der Waals surface area contributed by atoms with Crippen molar-refractivity contribution in [2.24, 2.45) is 5.92 Å². The van der Waals surface area contributed by atoms with Gasteiger partial charge in [-0.3, -0.25) is 4.79 Å². The molecule has 2 rings (SSSR count). The van der Waals surface area contributed by atoms with Gasteiger partial charge in [0.2, 0.25) is 0 Å². The Hall–Kier alpha value is -0.760. The standard InChI is InChI=1S/C15H22ClNO/c1-10-8-14(15(18)11(2)16)12(3)17(10)9-13-6-4-5-7-13/h8,11,13H,4-7,9H2,1-3H3. The summed E-state index contributed by atoms with van der Waals surface area (Å²) in [6.07, 6.45) is 5.36. The quantitative estimate of drug-likeness (QED) is 0.595. The second kappa shape index (κ2) is 5.48. The first kappa shape index (κ1) is 13.7. The maximum atomic E-state index is 12.0. The highest BCUT2D eigenvalue weighted by Crippen LogP contribution is 2.28. The van der Waals surface area contributed by atoms with Crippen LogP contribution in [0, 0.1) is 19.8 Å². The minimum atomic E-state index is -0.439. The van der Waals surface area contributed by atoms with Crippen molar-refractivity contribution in [3.05, 3.63) is 23.0 Å². The van der Waals surface area contributed by atoms with Crippen molar-refractivity contribution in [1.29, 1.82) is 0 Å². The molecule has 0 N–H and O–H groups in total. The van der Waals surface area contributed by atoms with Gasteiger partial charge in [-0.05, 0) is 45.6 Å². The lowest BCUT2D eigenvalue weighted by atomic mass is 10.1. The Morgan fingerprint density at radius 1 is 1.44 bits per heavy atom. The molecule has 18 heavy (non-hydrogen) atoms. The lowest BCUT2D eigenvalue weighted by Crippen LogP contribution is -2.14. The van der Waals surface area contributed by atoms with Crippen molar-refractivity contribution < 1.29 is 4.79 Å². The van der Waals surface area contributed by atoms with Gasteiger partial charge in [0.25, 0.3) is 0 Å². The number of aromatic nitrogens is 1. The molecule has 1 aromatic rings. The predicted octanol–water partition coefficient (Wildman–Crippen LogP) is 4.11. The summed E-state index contributed by atoms with van der Waals surface area (Å²) in [7, 11) is 0. The second-order valence-electron chi connectivity index (χ2n) is 5.53. The van der Waals surface area contributed by atoms with Gasteiger partial charge in [0.05, 0.1) is 5.38 Å². The Balaban J connectivity index is 2.23. The van der Waals surface area contributed by atoms with E-state index in [-0.39, 0.29) is 5.78 Å². The van der Waals surface area contributed by atoms with Gasteiger partial charge >= 0.3 is 0 Å². The summed E-state index contributed by atoms with van der Waals surface area (Å²) in [6, 6.07) is 1.99. The van der Waals surface area contributed by atoms with E-state index < -0.39 is 5.38 Å². The minimum Gasteiger partial charge on any atom is -0.348 e. The normalized spacial score (nSPS) is 18.2. The summed E-state index contributed by atoms with van der Waals surface area (Å²) in [6.45, 7) is 6.92. The zero-order chi connectivity index (χ0) is 13.3. The number of halogens is 1. The Labute approximate surface area is 114 Å². The molecule has 0 radical (unpaired) electrons. The molecular weight excluding hydrogens is 246 g/mol. The number of nitrogens with zero attached hydrogens (tertiary/aromatic N) is 1. The Morgan fingerprint density at radius 2 is 2.06 bits per heavy atom. The van der Waals surface area contributed by atoms with E-state index in [1.165, 1.54) is 31.4 Å². The van der Waals surface area contributed by atoms with Crippen molar-refractivity contribution in [3.63, 3.8) is 0 Å². The monoisotopic (exact) mass is 267 g/mol. The van der Waals surface area contributed by atoms with Crippen LogP contribution in [-0.2, 0) is 6.54 Å². The topological polar surface area (TPSA) is 22.0 Å². The van der Waals surface area contributed by atoms with Crippen LogP contribution in [0.2, 0.25) is 0 Å². The van der Waals surface area contributed by atoms with Crippen LogP contribution in [0.3, 0.4) is 0 Å². The molecule has 1 aromatic heterocycles. The summed E-state index contributed by atoms with van der Waals surface area (Å²) in [5, 5.41) is -0.439. The van der Waals surface area contributed by atoms with Crippen LogP contribution in [0.4, 0.5) is 0 Å². The molecule has 1 unspecified atom stereocenters. The van der Waals surface area contributed by atoms with E-state index in [4.69, 9.17) is 11.6 Å². The first-order valence-corrected chi connectivity index (χ1v) is 7.29. The maximum Gasteiger partial charge on any atom is 0.182 e. The van der Waals surface area contributed by atoms with Gasteiger partial charge in [-0.15, -0.1) is 11.6 Å². The van der Waals surface area contributed by atoms with Gasteiger partial charge in [0.1, 0.15) is 0 Å². The lowest BCUT2D eigenvalue weighted by molar-refractivity contribution is 0.0991. The summed E-state index contributed by atoms with van der Waals surface area (Å²) in [5.74, 6) is 0.827. The van der Waals surface area contributed by atoms with Crippen LogP contribution in [0.15, 0.2) is 6.07 Å². The number of carbonyl (C=O) groups excluding carboxylic acids is 1. The molecule has 1 saturated carbocycles. The summed E-state index contributed by atoms with van der Waals surface area (Å²) >= 11 is 5.91. The van der Waals surface area contributed by atoms with Crippen LogP contribution in [0.1, 0.15) is 54.4 Å². The summed E-state index contributed by atoms with van der Waals surface area (Å²) in [5.41, 5.74) is 3.06. The molecular formula is C15H22ClNO. The zero-order valence-corrected chi connectivity index (χ0v) is 12.3. The average molecular weight is 268 g/mol. The molecule has 100 valence electrons. The third kappa shape index (κ3) is 2.64. The molecule has 1 aliphatic carbocycles. The van der Waals surface area contributed by atoms with Gasteiger partial charge in [0.15, 0.2) is 5.78 Å². The molecule has 0 aliphatic heterocycles. The highest BCUT2D eigenvalue weighted by atomic mass is 35.5. The third-order valence-electron chi connectivity index (χ3n) is 4.12. The van der Waals surface area contributed by atoms with Crippen LogP contribution < -0.4 is 0 Å². The van der Waals surface area contributed by atoms with E-state index in [9.17, 15) is 4.79 Å². The number of alkyl halides is 1. The highest BCUT2D eigenvalue weighted by molar-refractivity contribution is 6.33. The molecule has 3 heteroatoms. The first-order chi connectivity index (χ1) is 8.50. The van der Waals surface area contributed by atoms with E-state index >= 15 is 0 Å². The van der Waals surface area contributed by atoms with Crippen LogP contribution >= 0.6 is 11.6 Å². The van der Waals surface area contributed by atoms with Crippen LogP contribution in [-0.4, -0.2) is 15.7 Å². The van der Waals surface area contributed by atoms with E-state index in [0.717, 1.165) is 23.7 Å². The van der Waals surface area contributed by atoms with E-state index in [1.807, 2.05) is 13.0 Å². The molecule has 1 atom stereocenters. The van der Waals surface area contributed by atoms with E-state index in [1.54, 1.807) is 6.92 Å². The van der Waals surface area contributed by atoms with Crippen molar-refractivity contribution in [2.45, 2.75) is 58.4 Å². The number of rotatable bonds is 4. The number of Topliss-reactive ketones (excluding diaryl/α,β-unsaturated/α-hetero) is 1. The van der Waals surface area contributed by atoms with Gasteiger partial charge in [-0.1, -0.05) is 12.8 Å². The van der Waals surface area contributed by atoms with Gasteiger partial charge in [-0.2, -0.15) is 0 Å². The summed E-state index contributed by atoms with van der Waals surface area (Å²) in [4.78, 5) is 12.0. The van der Waals surface area contributed by atoms with Crippen molar-refractivity contribution in [2.75, 3.05) is 0 Å². The number of carbonyl (C=O) groups is 1. The van der Waals surface area contributed by atoms with Crippen LogP contribution in [0.5, 0.6) is 0 Å². The molecule has 2 nitrogen and oxygen atoms in total. The molecule has 0 saturated heterocycles. The molecule has 0 bridgehead atoms. The number of ketones is 1. The average Bonchev–Trinajstić information content (AvgIpc) is 2.91. The van der Waals surface area contributed by atoms with Crippen molar-refractivity contribution >= 4 is 17.4 Å². The molecule has 1 aliphatic rings. The van der Waals surface area contributed by atoms with E-state index in [2.05, 4.69) is 11.5 Å². The Morgan fingerprint density at radius 3 is 2.61 bits per heavy atom. The fourth-order valence-corrected chi connectivity index (χ4v) is 3.11. The SMILES string of the molecule is Cc1cc(C(=O)C(C)Cl)c(C)n1CC1CCCC1. The molecule has 0 aromatic carbocycles. The number of hydrogen-bond acceptors (Lipinski definition) is 1. The molecule has 1 fully saturated rings. The predicted molar refractivity (Wildman–Crippen MR) is 75.5 cm³/mol. The highest BCUT2D eigenvalue weighted by Gasteiger charge is 2.22. The van der Waals surface area contributed by atoms with Gasteiger partial charge < -0.3 is 4.57 Å². The fraction of sp³-hybridized carbons (Fsp3) is 0.667. The lowest BCUT2D eigenvalue weighted by Gasteiger charge is -2.15. The largest absolute Gasteiger partial charge is 0.348 e. The number of aryl methyl sites for hydroxylation is 1. The number of hydrogen-bond donors (Lipinski definition) is 0. The zero-order valence-electron chi connectivity index (χ0n) is 11.5. The van der Waals surface area contributed by atoms with Gasteiger partial charge in [-0.25, -0.2) is 0 Å². The fourth-order valence-electron chi connectivity index (χ4n) is 3.00. The van der Waals surface area contributed by atoms with Crippen LogP contribution in [0.25, 0.3) is 0 Å². The second-order valence-corrected chi connectivity index (χ2v) is 6.18. The summed E-state index contributed by atoms with van der Waals surface area (Å²) < 4.78 is 2.29. The maximum absolute atomic E-state index is 12.0. The molecule has 1 heterocycles. The minimum absolute atomic E-state index is 0.0439. The van der Waals surface area contributed by atoms with Crippen molar-refractivity contribution in [3.8, 4) is 0 Å². The Bertz CT molecular complexity index is 442. The van der Waals surface area contributed by atoms with Crippen molar-refractivity contribution in [1.82, 2.24) is 4.57 Å². The van der Waals surface area contributed by atoms with Gasteiger partial charge in [0, 0.05) is 23.5 Å². The van der Waals surface area contributed by atoms with E-state index in [0.29, 0.717) is 0 Å². The smallest absolute Gasteiger partial charge is 0.182 e. The molecule has 0 spiro atoms. The molecule has 0 amide bonds. The Kier molecular flexibility index (Phi) is 4.16.